The molecule has 0 radical (unpaired) electrons. The molecule has 0 bridgehead atoms. The van der Waals surface area contributed by atoms with Crippen molar-refractivity contribution in [2.24, 2.45) is 0 Å². The van der Waals surface area contributed by atoms with Crippen LogP contribution in [0.4, 0.5) is 0 Å². The fourth-order valence-corrected chi connectivity index (χ4v) is 2.09. The van der Waals surface area contributed by atoms with Gasteiger partial charge in [0, 0.05) is 5.56 Å². The molecule has 0 unspecified atom stereocenters. The molecule has 0 fully saturated rings. The summed E-state index contributed by atoms with van der Waals surface area (Å²) in [5, 5.41) is 0. The molecule has 0 saturated carbocycles. The molecule has 0 aliphatic carbocycles. The van der Waals surface area contributed by atoms with Gasteiger partial charge in [0.25, 0.3) is 5.78 Å². The highest BCUT2D eigenvalue weighted by Gasteiger charge is 2.16. The lowest BCUT2D eigenvalue weighted by atomic mass is 10.1. The first-order valence-corrected chi connectivity index (χ1v) is 7.25. The van der Waals surface area contributed by atoms with Gasteiger partial charge in [0.05, 0.1) is 6.61 Å². The van der Waals surface area contributed by atoms with Gasteiger partial charge < -0.3 is 4.74 Å². The first kappa shape index (κ1) is 14.8. The fourth-order valence-electron chi connectivity index (χ4n) is 1.39. The van der Waals surface area contributed by atoms with Crippen molar-refractivity contribution >= 4 is 23.5 Å². The van der Waals surface area contributed by atoms with Gasteiger partial charge in [-0.1, -0.05) is 37.3 Å². The van der Waals surface area contributed by atoms with Crippen molar-refractivity contribution in [2.75, 3.05) is 18.1 Å². The van der Waals surface area contributed by atoms with Crippen molar-refractivity contribution in [1.82, 2.24) is 0 Å². The quantitative estimate of drug-likeness (QED) is 0.314. The van der Waals surface area contributed by atoms with E-state index in [1.807, 2.05) is 11.8 Å². The van der Waals surface area contributed by atoms with E-state index in [-0.39, 0.29) is 0 Å². The lowest BCUT2D eigenvalue weighted by molar-refractivity contribution is -0.138. The lowest BCUT2D eigenvalue weighted by Gasteiger charge is -2.03. The average molecular weight is 266 g/mol. The van der Waals surface area contributed by atoms with Gasteiger partial charge in [-0.05, 0) is 24.3 Å². The number of ketones is 1. The van der Waals surface area contributed by atoms with E-state index >= 15 is 0 Å². The van der Waals surface area contributed by atoms with Crippen LogP contribution in [0.25, 0.3) is 0 Å². The maximum Gasteiger partial charge on any atom is 0.379 e. The highest BCUT2D eigenvalue weighted by molar-refractivity contribution is 7.99. The Morgan fingerprint density at radius 3 is 2.56 bits per heavy atom. The van der Waals surface area contributed by atoms with Gasteiger partial charge in [-0.3, -0.25) is 4.79 Å². The molecule has 0 atom stereocenters. The molecule has 98 valence electrons. The number of unbranched alkanes of at least 4 members (excludes halogenated alkanes) is 1. The standard InChI is InChI=1S/C14H18O3S/c1-2-18-11-7-6-10-17-14(16)13(15)12-8-4-3-5-9-12/h3-5,8-9H,2,6-7,10-11H2,1H3. The zero-order valence-corrected chi connectivity index (χ0v) is 11.4. The predicted octanol–water partition coefficient (Wildman–Crippen LogP) is 2.95. The molecule has 0 aromatic heterocycles. The number of ether oxygens (including phenoxy) is 1. The molecular weight excluding hydrogens is 248 g/mol. The number of hydrogen-bond acceptors (Lipinski definition) is 4. The summed E-state index contributed by atoms with van der Waals surface area (Å²) in [7, 11) is 0. The predicted molar refractivity (Wildman–Crippen MR) is 74.0 cm³/mol. The first-order valence-electron chi connectivity index (χ1n) is 6.10. The van der Waals surface area contributed by atoms with E-state index < -0.39 is 11.8 Å². The van der Waals surface area contributed by atoms with Gasteiger partial charge in [0.2, 0.25) is 0 Å². The second-order valence-electron chi connectivity index (χ2n) is 3.74. The Morgan fingerprint density at radius 1 is 1.17 bits per heavy atom. The molecule has 18 heavy (non-hydrogen) atoms. The topological polar surface area (TPSA) is 43.4 Å². The highest BCUT2D eigenvalue weighted by atomic mass is 32.2. The Labute approximate surface area is 112 Å². The third-order valence-corrected chi connectivity index (χ3v) is 3.33. The van der Waals surface area contributed by atoms with Gasteiger partial charge in [0.1, 0.15) is 0 Å². The lowest BCUT2D eigenvalue weighted by Crippen LogP contribution is -2.18. The van der Waals surface area contributed by atoms with Gasteiger partial charge >= 0.3 is 5.97 Å². The van der Waals surface area contributed by atoms with Crippen molar-refractivity contribution < 1.29 is 14.3 Å². The van der Waals surface area contributed by atoms with Crippen LogP contribution in [-0.2, 0) is 9.53 Å². The zero-order valence-electron chi connectivity index (χ0n) is 10.6. The minimum atomic E-state index is -0.760. The molecule has 4 heteroatoms. The molecule has 1 aromatic carbocycles. The smallest absolute Gasteiger partial charge is 0.379 e. The van der Waals surface area contributed by atoms with Crippen LogP contribution in [0.15, 0.2) is 30.3 Å². The molecule has 0 aliphatic rings. The summed E-state index contributed by atoms with van der Waals surface area (Å²) in [6.45, 7) is 2.44. The van der Waals surface area contributed by atoms with Gasteiger partial charge in [-0.2, -0.15) is 11.8 Å². The van der Waals surface area contributed by atoms with Crippen LogP contribution in [0.5, 0.6) is 0 Å². The van der Waals surface area contributed by atoms with Crippen molar-refractivity contribution in [3.05, 3.63) is 35.9 Å². The molecule has 0 spiro atoms. The second-order valence-corrected chi connectivity index (χ2v) is 5.13. The van der Waals surface area contributed by atoms with Crippen molar-refractivity contribution in [2.45, 2.75) is 19.8 Å². The van der Waals surface area contributed by atoms with Gasteiger partial charge in [-0.25, -0.2) is 4.79 Å². The summed E-state index contributed by atoms with van der Waals surface area (Å²) in [4.78, 5) is 23.1. The summed E-state index contributed by atoms with van der Waals surface area (Å²) < 4.78 is 4.94. The van der Waals surface area contributed by atoms with E-state index in [0.29, 0.717) is 12.2 Å². The molecular formula is C14H18O3S. The summed E-state index contributed by atoms with van der Waals surface area (Å²) in [5.41, 5.74) is 0.379. The summed E-state index contributed by atoms with van der Waals surface area (Å²) in [5.74, 6) is 0.843. The van der Waals surface area contributed by atoms with Crippen LogP contribution in [0.3, 0.4) is 0 Å². The number of carbonyl (C=O) groups is 2. The first-order chi connectivity index (χ1) is 8.75. The second kappa shape index (κ2) is 8.75. The van der Waals surface area contributed by atoms with E-state index in [9.17, 15) is 9.59 Å². The number of hydrogen-bond donors (Lipinski definition) is 0. The number of benzene rings is 1. The number of thioether (sulfide) groups is 1. The molecule has 0 saturated heterocycles. The van der Waals surface area contributed by atoms with Crippen LogP contribution in [0.1, 0.15) is 30.1 Å². The molecule has 0 aliphatic heterocycles. The Bertz CT molecular complexity index is 376. The Hall–Kier alpha value is -1.29. The Morgan fingerprint density at radius 2 is 1.89 bits per heavy atom. The Balaban J connectivity index is 2.23. The maximum absolute atomic E-state index is 11.6. The van der Waals surface area contributed by atoms with Crippen molar-refractivity contribution in [3.8, 4) is 0 Å². The minimum Gasteiger partial charge on any atom is -0.460 e. The monoisotopic (exact) mass is 266 g/mol. The molecule has 0 heterocycles. The largest absolute Gasteiger partial charge is 0.460 e. The van der Waals surface area contributed by atoms with Crippen molar-refractivity contribution in [1.29, 1.82) is 0 Å². The highest BCUT2D eigenvalue weighted by Crippen LogP contribution is 2.05. The number of Topliss-reactive ketones (excluding diaryl/α,β-unsaturated/α-hetero) is 1. The average Bonchev–Trinajstić information content (AvgIpc) is 2.42. The molecule has 1 rings (SSSR count). The van der Waals surface area contributed by atoms with Gasteiger partial charge in [0.15, 0.2) is 0 Å². The normalized spacial score (nSPS) is 10.1. The fraction of sp³-hybridized carbons (Fsp3) is 0.429. The third kappa shape index (κ3) is 5.36. The molecule has 1 aromatic rings. The zero-order chi connectivity index (χ0) is 13.2. The summed E-state index contributed by atoms with van der Waals surface area (Å²) in [6, 6.07) is 8.47. The van der Waals surface area contributed by atoms with E-state index in [0.717, 1.165) is 24.3 Å². The SMILES string of the molecule is CCSCCCCOC(=O)C(=O)c1ccccc1. The summed E-state index contributed by atoms with van der Waals surface area (Å²) in [6.07, 6.45) is 1.81. The number of carbonyl (C=O) groups excluding carboxylic acids is 2. The van der Waals surface area contributed by atoms with E-state index in [1.54, 1.807) is 30.3 Å². The van der Waals surface area contributed by atoms with E-state index in [2.05, 4.69) is 6.92 Å². The van der Waals surface area contributed by atoms with Crippen LogP contribution in [-0.4, -0.2) is 29.9 Å². The van der Waals surface area contributed by atoms with Crippen molar-refractivity contribution in [3.63, 3.8) is 0 Å². The number of rotatable bonds is 8. The maximum atomic E-state index is 11.6. The van der Waals surface area contributed by atoms with E-state index in [1.165, 1.54) is 0 Å². The van der Waals surface area contributed by atoms with Crippen LogP contribution in [0.2, 0.25) is 0 Å². The van der Waals surface area contributed by atoms with Gasteiger partial charge in [-0.15, -0.1) is 0 Å². The van der Waals surface area contributed by atoms with Crippen LogP contribution < -0.4 is 0 Å². The third-order valence-electron chi connectivity index (χ3n) is 2.34. The Kier molecular flexibility index (Phi) is 7.18. The van der Waals surface area contributed by atoms with Crippen LogP contribution in [0, 0.1) is 0 Å². The summed E-state index contributed by atoms with van der Waals surface area (Å²) >= 11 is 1.86. The van der Waals surface area contributed by atoms with Crippen LogP contribution >= 0.6 is 11.8 Å². The molecule has 3 nitrogen and oxygen atoms in total. The molecule has 0 N–H and O–H groups in total. The van der Waals surface area contributed by atoms with E-state index in [4.69, 9.17) is 4.74 Å². The number of esters is 1. The molecule has 0 amide bonds. The minimum absolute atomic E-state index is 0.321.